The van der Waals surface area contributed by atoms with E-state index in [0.717, 1.165) is 39.3 Å². The second kappa shape index (κ2) is 14.3. The average Bonchev–Trinajstić information content (AvgIpc) is 2.83. The number of carbonyl (C=O) groups is 1. The predicted octanol–water partition coefficient (Wildman–Crippen LogP) is 1.25. The Kier molecular flexibility index (Phi) is 11.5. The quantitative estimate of drug-likeness (QED) is 0.134. The zero-order chi connectivity index (χ0) is 24.3. The van der Waals surface area contributed by atoms with E-state index in [-0.39, 0.29) is 58.1 Å². The number of phenolic OH excluding ortho intramolecular Hbond substituents is 4. The van der Waals surface area contributed by atoms with Gasteiger partial charge in [-0.1, -0.05) is 0 Å². The summed E-state index contributed by atoms with van der Waals surface area (Å²) in [6.45, 7) is 4.49. The number of hydrogen-bond donors (Lipinski definition) is 5. The van der Waals surface area contributed by atoms with Crippen LogP contribution in [-0.2, 0) is 26.6 Å². The van der Waals surface area contributed by atoms with Gasteiger partial charge in [0.25, 0.3) is 0 Å². The van der Waals surface area contributed by atoms with E-state index in [1.807, 2.05) is 0 Å². The molecule has 5 N–H and O–H groups in total. The van der Waals surface area contributed by atoms with Gasteiger partial charge in [0.1, 0.15) is 29.0 Å². The number of hydrogen-bond acceptors (Lipinski definition) is 9. The SMILES string of the molecule is O=C(NCCCN1CCOCC1)C(CN=Cc1cc(O)ccc1O)N=Cc1cc(O)ccc1O.[Cu]. The van der Waals surface area contributed by atoms with Crippen LogP contribution in [0.2, 0.25) is 0 Å². The Labute approximate surface area is 214 Å². The number of morpholine rings is 1. The van der Waals surface area contributed by atoms with Crippen LogP contribution in [0.1, 0.15) is 17.5 Å². The van der Waals surface area contributed by atoms with Crippen molar-refractivity contribution in [3.05, 3.63) is 47.5 Å². The predicted molar refractivity (Wildman–Crippen MR) is 128 cm³/mol. The average molecular weight is 534 g/mol. The van der Waals surface area contributed by atoms with E-state index in [1.165, 1.54) is 48.8 Å². The van der Waals surface area contributed by atoms with E-state index in [9.17, 15) is 25.2 Å². The number of nitrogens with one attached hydrogen (secondary N) is 1. The van der Waals surface area contributed by atoms with Crippen LogP contribution < -0.4 is 5.32 Å². The Morgan fingerprint density at radius 1 is 1.00 bits per heavy atom. The molecule has 35 heavy (non-hydrogen) atoms. The summed E-state index contributed by atoms with van der Waals surface area (Å²) in [6.07, 6.45) is 3.44. The van der Waals surface area contributed by atoms with Crippen molar-refractivity contribution in [1.82, 2.24) is 10.2 Å². The van der Waals surface area contributed by atoms with Crippen LogP contribution >= 0.6 is 0 Å². The molecule has 10 nitrogen and oxygen atoms in total. The van der Waals surface area contributed by atoms with E-state index >= 15 is 0 Å². The van der Waals surface area contributed by atoms with Crippen LogP contribution in [0.5, 0.6) is 23.0 Å². The zero-order valence-electron chi connectivity index (χ0n) is 19.1. The maximum atomic E-state index is 12.8. The molecule has 1 atom stereocenters. The van der Waals surface area contributed by atoms with Gasteiger partial charge in [0.05, 0.1) is 19.8 Å². The van der Waals surface area contributed by atoms with Crippen molar-refractivity contribution in [3.8, 4) is 23.0 Å². The Bertz CT molecular complexity index is 1030. The summed E-state index contributed by atoms with van der Waals surface area (Å²) < 4.78 is 5.33. The molecule has 0 saturated carbocycles. The molecule has 11 heteroatoms. The number of ether oxygens (including phenoxy) is 1. The zero-order valence-corrected chi connectivity index (χ0v) is 20.0. The van der Waals surface area contributed by atoms with Crippen LogP contribution in [0.4, 0.5) is 0 Å². The molecular formula is C24H30CuN4O6. The van der Waals surface area contributed by atoms with E-state index in [1.54, 1.807) is 0 Å². The minimum Gasteiger partial charge on any atom is -0.508 e. The minimum absolute atomic E-state index is 0. The first-order chi connectivity index (χ1) is 16.4. The number of aliphatic imine (C=N–C) groups is 2. The maximum Gasteiger partial charge on any atom is 0.246 e. The van der Waals surface area contributed by atoms with E-state index in [2.05, 4.69) is 20.2 Å². The first kappa shape index (κ1) is 28.1. The van der Waals surface area contributed by atoms with Crippen LogP contribution in [0.25, 0.3) is 0 Å². The van der Waals surface area contributed by atoms with Crippen molar-refractivity contribution in [2.45, 2.75) is 12.5 Å². The number of benzene rings is 2. The molecule has 0 aromatic heterocycles. The first-order valence-electron chi connectivity index (χ1n) is 11.1. The van der Waals surface area contributed by atoms with Gasteiger partial charge in [-0.25, -0.2) is 0 Å². The number of phenols is 4. The Morgan fingerprint density at radius 3 is 2.23 bits per heavy atom. The monoisotopic (exact) mass is 533 g/mol. The molecule has 0 aliphatic carbocycles. The fourth-order valence-corrected chi connectivity index (χ4v) is 3.37. The third kappa shape index (κ3) is 9.22. The number of rotatable bonds is 10. The van der Waals surface area contributed by atoms with Gasteiger partial charge in [-0.05, 0) is 49.4 Å². The van der Waals surface area contributed by atoms with Crippen molar-refractivity contribution >= 4 is 18.3 Å². The van der Waals surface area contributed by atoms with Crippen molar-refractivity contribution in [2.75, 3.05) is 45.9 Å². The number of amides is 1. The Balaban J connectivity index is 0.00000432. The molecule has 1 unspecified atom stereocenters. The molecule has 1 radical (unpaired) electrons. The molecule has 2 aromatic carbocycles. The maximum absolute atomic E-state index is 12.8. The number of nitrogens with zero attached hydrogens (tertiary/aromatic N) is 3. The van der Waals surface area contributed by atoms with Crippen LogP contribution in [-0.4, -0.2) is 95.6 Å². The topological polar surface area (TPSA) is 147 Å². The van der Waals surface area contributed by atoms with E-state index in [0.29, 0.717) is 12.1 Å². The third-order valence-electron chi connectivity index (χ3n) is 5.28. The fraction of sp³-hybridized carbons (Fsp3) is 0.375. The molecule has 1 fully saturated rings. The molecule has 1 saturated heterocycles. The van der Waals surface area contributed by atoms with E-state index < -0.39 is 6.04 Å². The smallest absolute Gasteiger partial charge is 0.246 e. The molecule has 2 aromatic rings. The second-order valence-electron chi connectivity index (χ2n) is 7.87. The number of aromatic hydroxyl groups is 4. The second-order valence-corrected chi connectivity index (χ2v) is 7.87. The molecule has 3 rings (SSSR count). The van der Waals surface area contributed by atoms with Gasteiger partial charge in [-0.2, -0.15) is 0 Å². The summed E-state index contributed by atoms with van der Waals surface area (Å²) in [5.41, 5.74) is 0.569. The van der Waals surface area contributed by atoms with Gasteiger partial charge >= 0.3 is 0 Å². The molecule has 0 bridgehead atoms. The summed E-state index contributed by atoms with van der Waals surface area (Å²) in [4.78, 5) is 23.6. The molecule has 193 valence electrons. The molecule has 0 spiro atoms. The van der Waals surface area contributed by atoms with Crippen molar-refractivity contribution in [3.63, 3.8) is 0 Å². The molecule has 1 aliphatic rings. The summed E-state index contributed by atoms with van der Waals surface area (Å²) in [5.74, 6) is -0.541. The van der Waals surface area contributed by atoms with Gasteiger partial charge in [0, 0.05) is 60.3 Å². The van der Waals surface area contributed by atoms with Gasteiger partial charge in [0.15, 0.2) is 0 Å². The normalized spacial score (nSPS) is 15.2. The van der Waals surface area contributed by atoms with Crippen LogP contribution in [0, 0.1) is 0 Å². The third-order valence-corrected chi connectivity index (χ3v) is 5.28. The van der Waals surface area contributed by atoms with Crippen LogP contribution in [0.15, 0.2) is 46.4 Å². The van der Waals surface area contributed by atoms with Crippen LogP contribution in [0.3, 0.4) is 0 Å². The number of carbonyl (C=O) groups excluding carboxylic acids is 1. The Hall–Kier alpha value is -3.11. The first-order valence-corrected chi connectivity index (χ1v) is 11.1. The summed E-state index contributed by atoms with van der Waals surface area (Å²) >= 11 is 0. The largest absolute Gasteiger partial charge is 0.508 e. The van der Waals surface area contributed by atoms with Gasteiger partial charge < -0.3 is 30.5 Å². The summed E-state index contributed by atoms with van der Waals surface area (Å²) in [5, 5.41) is 42.0. The summed E-state index contributed by atoms with van der Waals surface area (Å²) in [7, 11) is 0. The van der Waals surface area contributed by atoms with Gasteiger partial charge in [-0.3, -0.25) is 19.7 Å². The molecule has 1 heterocycles. The standard InChI is InChI=1S/C24H30N4O6.Cu/c29-19-2-4-22(31)17(12-19)14-25-16-21(27-15-18-13-20(30)3-5-23(18)32)24(33)26-6-1-7-28-8-10-34-11-9-28;/h2-5,12-15,21,29-32H,1,6-11,16H2,(H,26,33);. The Morgan fingerprint density at radius 2 is 1.60 bits per heavy atom. The van der Waals surface area contributed by atoms with Crippen molar-refractivity contribution in [1.29, 1.82) is 0 Å². The van der Waals surface area contributed by atoms with Crippen molar-refractivity contribution in [2.24, 2.45) is 9.98 Å². The summed E-state index contributed by atoms with van der Waals surface area (Å²) in [6, 6.07) is 7.17. The molecule has 1 amide bonds. The van der Waals surface area contributed by atoms with Gasteiger partial charge in [0.2, 0.25) is 5.91 Å². The molecule has 1 aliphatic heterocycles. The minimum atomic E-state index is -0.902. The van der Waals surface area contributed by atoms with Crippen molar-refractivity contribution < 1.29 is 47.0 Å². The fourth-order valence-electron chi connectivity index (χ4n) is 3.37. The van der Waals surface area contributed by atoms with Gasteiger partial charge in [-0.15, -0.1) is 0 Å². The van der Waals surface area contributed by atoms with E-state index in [4.69, 9.17) is 4.74 Å². The molecular weight excluding hydrogens is 504 g/mol.